The van der Waals surface area contributed by atoms with Crippen LogP contribution in [0, 0.1) is 5.92 Å². The Bertz CT molecular complexity index is 372. The van der Waals surface area contributed by atoms with E-state index in [0.717, 1.165) is 44.5 Å². The van der Waals surface area contributed by atoms with Crippen molar-refractivity contribution in [2.24, 2.45) is 5.92 Å². The largest absolute Gasteiger partial charge is 0.303 e. The normalized spacial score (nSPS) is 21.9. The summed E-state index contributed by atoms with van der Waals surface area (Å²) in [6.45, 7) is 7.08. The zero-order valence-corrected chi connectivity index (χ0v) is 10.7. The van der Waals surface area contributed by atoms with Gasteiger partial charge in [0, 0.05) is 31.2 Å². The van der Waals surface area contributed by atoms with Crippen molar-refractivity contribution < 1.29 is 4.79 Å². The minimum Gasteiger partial charge on any atom is -0.303 e. The van der Waals surface area contributed by atoms with Crippen LogP contribution in [0.15, 0.2) is 12.3 Å². The Morgan fingerprint density at radius 3 is 3.06 bits per heavy atom. The molecule has 2 heterocycles. The van der Waals surface area contributed by atoms with Gasteiger partial charge in [-0.05, 0) is 39.3 Å². The molecule has 0 aromatic carbocycles. The van der Waals surface area contributed by atoms with Crippen LogP contribution in [0.5, 0.6) is 0 Å². The number of piperidine rings is 1. The Morgan fingerprint density at radius 1 is 1.59 bits per heavy atom. The molecule has 1 fully saturated rings. The van der Waals surface area contributed by atoms with Gasteiger partial charge in [0.25, 0.3) is 0 Å². The molecular weight excluding hydrogens is 214 g/mol. The Balaban J connectivity index is 1.93. The second-order valence-corrected chi connectivity index (χ2v) is 5.15. The van der Waals surface area contributed by atoms with Crippen molar-refractivity contribution in [3.63, 3.8) is 0 Å². The molecule has 0 amide bonds. The van der Waals surface area contributed by atoms with Gasteiger partial charge >= 0.3 is 0 Å². The van der Waals surface area contributed by atoms with Crippen molar-refractivity contribution in [3.05, 3.63) is 18.0 Å². The van der Waals surface area contributed by atoms with Gasteiger partial charge < -0.3 is 4.79 Å². The van der Waals surface area contributed by atoms with Crippen LogP contribution >= 0.6 is 0 Å². The number of hydrogen-bond acceptors (Lipinski definition) is 3. The smallest absolute Gasteiger partial charge is 0.124 e. The van der Waals surface area contributed by atoms with Crippen molar-refractivity contribution in [2.45, 2.75) is 39.3 Å². The molecule has 1 unspecified atom stereocenters. The van der Waals surface area contributed by atoms with Crippen molar-refractivity contribution in [2.75, 3.05) is 13.1 Å². The lowest BCUT2D eigenvalue weighted by Gasteiger charge is -2.29. The van der Waals surface area contributed by atoms with Crippen molar-refractivity contribution in [3.8, 4) is 0 Å². The van der Waals surface area contributed by atoms with E-state index in [9.17, 15) is 4.79 Å². The van der Waals surface area contributed by atoms with E-state index in [4.69, 9.17) is 0 Å². The number of hydrogen-bond donors (Lipinski definition) is 0. The van der Waals surface area contributed by atoms with Gasteiger partial charge in [0.15, 0.2) is 0 Å². The Kier molecular flexibility index (Phi) is 3.94. The second-order valence-electron chi connectivity index (χ2n) is 5.15. The van der Waals surface area contributed by atoms with Crippen molar-refractivity contribution >= 4 is 6.29 Å². The molecule has 4 heteroatoms. The summed E-state index contributed by atoms with van der Waals surface area (Å²) < 4.78 is 1.98. The molecule has 1 aromatic rings. The topological polar surface area (TPSA) is 38.1 Å². The minimum absolute atomic E-state index is 0.218. The standard InChI is InChI=1S/C13H21N3O/c1-11(2)16-7-5-13(14-16)9-15-6-3-4-12(8-15)10-17/h5,7,10-12H,3-4,6,8-9H2,1-2H3. The van der Waals surface area contributed by atoms with Crippen LogP contribution in [-0.2, 0) is 11.3 Å². The van der Waals surface area contributed by atoms with E-state index in [2.05, 4.69) is 29.9 Å². The van der Waals surface area contributed by atoms with Crippen molar-refractivity contribution in [1.82, 2.24) is 14.7 Å². The predicted molar refractivity (Wildman–Crippen MR) is 66.7 cm³/mol. The van der Waals surface area contributed by atoms with Gasteiger partial charge in [0.1, 0.15) is 6.29 Å². The fourth-order valence-corrected chi connectivity index (χ4v) is 2.32. The molecule has 0 aliphatic carbocycles. The number of carbonyl (C=O) groups excluding carboxylic acids is 1. The minimum atomic E-state index is 0.218. The van der Waals surface area contributed by atoms with Gasteiger partial charge in [-0.25, -0.2) is 0 Å². The molecule has 1 aliphatic heterocycles. The summed E-state index contributed by atoms with van der Waals surface area (Å²) in [7, 11) is 0. The third kappa shape index (κ3) is 3.16. The van der Waals surface area contributed by atoms with Crippen LogP contribution in [0.4, 0.5) is 0 Å². The second kappa shape index (κ2) is 5.45. The van der Waals surface area contributed by atoms with E-state index in [1.807, 2.05) is 10.9 Å². The highest BCUT2D eigenvalue weighted by molar-refractivity contribution is 5.53. The van der Waals surface area contributed by atoms with Crippen LogP contribution in [0.25, 0.3) is 0 Å². The van der Waals surface area contributed by atoms with E-state index in [1.165, 1.54) is 0 Å². The first-order valence-electron chi connectivity index (χ1n) is 6.40. The Morgan fingerprint density at radius 2 is 2.41 bits per heavy atom. The molecule has 1 aromatic heterocycles. The molecule has 0 saturated carbocycles. The fraction of sp³-hybridized carbons (Fsp3) is 0.692. The van der Waals surface area contributed by atoms with E-state index >= 15 is 0 Å². The summed E-state index contributed by atoms with van der Waals surface area (Å²) in [5.74, 6) is 0.218. The quantitative estimate of drug-likeness (QED) is 0.748. The summed E-state index contributed by atoms with van der Waals surface area (Å²) in [5.41, 5.74) is 1.10. The Hall–Kier alpha value is -1.16. The zero-order valence-electron chi connectivity index (χ0n) is 10.7. The molecule has 1 aliphatic rings. The summed E-state index contributed by atoms with van der Waals surface area (Å²) in [6.07, 6.45) is 5.29. The average molecular weight is 235 g/mol. The van der Waals surface area contributed by atoms with Gasteiger partial charge in [0.2, 0.25) is 0 Å². The van der Waals surface area contributed by atoms with Gasteiger partial charge in [-0.3, -0.25) is 9.58 Å². The molecule has 4 nitrogen and oxygen atoms in total. The van der Waals surface area contributed by atoms with Crippen LogP contribution in [-0.4, -0.2) is 34.1 Å². The summed E-state index contributed by atoms with van der Waals surface area (Å²) in [4.78, 5) is 13.1. The third-order valence-electron chi connectivity index (χ3n) is 3.31. The van der Waals surface area contributed by atoms with Gasteiger partial charge in [-0.2, -0.15) is 5.10 Å². The maximum absolute atomic E-state index is 10.8. The lowest BCUT2D eigenvalue weighted by molar-refractivity contribution is -0.112. The summed E-state index contributed by atoms with van der Waals surface area (Å²) in [5, 5.41) is 4.54. The lowest BCUT2D eigenvalue weighted by Crippen LogP contribution is -2.35. The summed E-state index contributed by atoms with van der Waals surface area (Å²) >= 11 is 0. The van der Waals surface area contributed by atoms with E-state index in [0.29, 0.717) is 6.04 Å². The van der Waals surface area contributed by atoms with Crippen LogP contribution in [0.3, 0.4) is 0 Å². The molecular formula is C13H21N3O. The van der Waals surface area contributed by atoms with Crippen LogP contribution in [0.2, 0.25) is 0 Å². The SMILES string of the molecule is CC(C)n1ccc(CN2CCCC(C=O)C2)n1. The number of likely N-dealkylation sites (tertiary alicyclic amines) is 1. The molecule has 1 atom stereocenters. The number of rotatable bonds is 4. The van der Waals surface area contributed by atoms with Gasteiger partial charge in [-0.1, -0.05) is 0 Å². The van der Waals surface area contributed by atoms with E-state index < -0.39 is 0 Å². The fourth-order valence-electron chi connectivity index (χ4n) is 2.32. The van der Waals surface area contributed by atoms with Crippen LogP contribution < -0.4 is 0 Å². The van der Waals surface area contributed by atoms with E-state index in [1.54, 1.807) is 0 Å². The monoisotopic (exact) mass is 235 g/mol. The summed E-state index contributed by atoms with van der Waals surface area (Å²) in [6, 6.07) is 2.48. The predicted octanol–water partition coefficient (Wildman–Crippen LogP) is 1.87. The highest BCUT2D eigenvalue weighted by atomic mass is 16.1. The molecule has 17 heavy (non-hydrogen) atoms. The first-order chi connectivity index (χ1) is 8.19. The molecule has 0 spiro atoms. The average Bonchev–Trinajstić information content (AvgIpc) is 2.78. The number of aldehydes is 1. The van der Waals surface area contributed by atoms with E-state index in [-0.39, 0.29) is 5.92 Å². The third-order valence-corrected chi connectivity index (χ3v) is 3.31. The molecule has 2 rings (SSSR count). The van der Waals surface area contributed by atoms with Gasteiger partial charge in [-0.15, -0.1) is 0 Å². The van der Waals surface area contributed by atoms with Gasteiger partial charge in [0.05, 0.1) is 5.69 Å². The maximum Gasteiger partial charge on any atom is 0.124 e. The Labute approximate surface area is 103 Å². The number of aromatic nitrogens is 2. The first kappa shape index (κ1) is 12.3. The molecule has 0 radical (unpaired) electrons. The number of nitrogens with zero attached hydrogens (tertiary/aromatic N) is 3. The molecule has 1 saturated heterocycles. The lowest BCUT2D eigenvalue weighted by atomic mass is 10.00. The molecule has 94 valence electrons. The highest BCUT2D eigenvalue weighted by Gasteiger charge is 2.19. The molecule has 0 N–H and O–H groups in total. The van der Waals surface area contributed by atoms with Crippen molar-refractivity contribution in [1.29, 1.82) is 0 Å². The first-order valence-corrected chi connectivity index (χ1v) is 6.40. The maximum atomic E-state index is 10.8. The number of carbonyl (C=O) groups is 1. The van der Waals surface area contributed by atoms with Crippen LogP contribution in [0.1, 0.15) is 38.4 Å². The highest BCUT2D eigenvalue weighted by Crippen LogP contribution is 2.16. The zero-order chi connectivity index (χ0) is 12.3. The molecule has 0 bridgehead atoms.